The minimum atomic E-state index is -0.942. The minimum Gasteiger partial charge on any atom is -0.491 e. The van der Waals surface area contributed by atoms with Crippen molar-refractivity contribution in [2.75, 3.05) is 24.3 Å². The molecule has 0 heterocycles. The zero-order chi connectivity index (χ0) is 26.6. The van der Waals surface area contributed by atoms with Crippen LogP contribution in [0.3, 0.4) is 0 Å². The number of aliphatic hydroxyl groups excluding tert-OH is 1. The number of para-hydroxylation sites is 2. The quantitative estimate of drug-likeness (QED) is 0.241. The lowest BCUT2D eigenvalue weighted by atomic mass is 9.96. The molecule has 0 aliphatic heterocycles. The highest BCUT2D eigenvalue weighted by atomic mass is 16.6. The van der Waals surface area contributed by atoms with Crippen LogP contribution in [0.15, 0.2) is 91.0 Å². The summed E-state index contributed by atoms with van der Waals surface area (Å²) < 4.78 is 11.1. The Balaban J connectivity index is 1.77. The SMILES string of the molecule is C[C@H](/C=C/C(=O)Nc1ccccc1N)[C@@H](OC(=O)NC(=O)c1ccccc1)c1cccc(OCCO)c1. The highest BCUT2D eigenvalue weighted by molar-refractivity contribution is 6.03. The molecule has 0 aliphatic carbocycles. The molecule has 3 amide bonds. The molecule has 0 unspecified atom stereocenters. The Morgan fingerprint density at radius 1 is 1.00 bits per heavy atom. The number of amides is 3. The summed E-state index contributed by atoms with van der Waals surface area (Å²) in [6.07, 6.45) is 1.11. The lowest BCUT2D eigenvalue weighted by Gasteiger charge is -2.23. The van der Waals surface area contributed by atoms with Gasteiger partial charge < -0.3 is 25.6 Å². The Labute approximate surface area is 214 Å². The van der Waals surface area contributed by atoms with Gasteiger partial charge in [0, 0.05) is 11.5 Å². The Morgan fingerprint density at radius 3 is 2.46 bits per heavy atom. The number of imide groups is 1. The van der Waals surface area contributed by atoms with Gasteiger partial charge in [-0.2, -0.15) is 0 Å². The number of anilines is 2. The first-order valence-corrected chi connectivity index (χ1v) is 11.6. The van der Waals surface area contributed by atoms with Crippen LogP contribution < -0.4 is 21.1 Å². The predicted octanol–water partition coefficient (Wildman–Crippen LogP) is 4.08. The van der Waals surface area contributed by atoms with Gasteiger partial charge in [0.1, 0.15) is 18.5 Å². The van der Waals surface area contributed by atoms with E-state index in [0.717, 1.165) is 0 Å². The van der Waals surface area contributed by atoms with Crippen LogP contribution in [-0.4, -0.2) is 36.2 Å². The normalized spacial score (nSPS) is 12.4. The molecule has 0 aromatic heterocycles. The van der Waals surface area contributed by atoms with E-state index in [-0.39, 0.29) is 13.2 Å². The number of rotatable bonds is 10. The van der Waals surface area contributed by atoms with Crippen LogP contribution in [0.25, 0.3) is 0 Å². The van der Waals surface area contributed by atoms with E-state index in [1.165, 1.54) is 6.08 Å². The number of carbonyl (C=O) groups excluding carboxylic acids is 3. The number of aliphatic hydroxyl groups is 1. The second-order valence-corrected chi connectivity index (χ2v) is 8.09. The maximum absolute atomic E-state index is 12.7. The number of ether oxygens (including phenoxy) is 2. The third kappa shape index (κ3) is 8.22. The summed E-state index contributed by atoms with van der Waals surface area (Å²) in [6, 6.07) is 22.0. The van der Waals surface area contributed by atoms with Crippen LogP contribution in [0.2, 0.25) is 0 Å². The van der Waals surface area contributed by atoms with Crippen molar-refractivity contribution in [1.82, 2.24) is 5.32 Å². The highest BCUT2D eigenvalue weighted by Crippen LogP contribution is 2.30. The monoisotopic (exact) mass is 503 g/mol. The van der Waals surface area contributed by atoms with E-state index < -0.39 is 29.9 Å². The predicted molar refractivity (Wildman–Crippen MR) is 140 cm³/mol. The molecule has 0 saturated carbocycles. The van der Waals surface area contributed by atoms with E-state index in [1.807, 2.05) is 0 Å². The van der Waals surface area contributed by atoms with Gasteiger partial charge >= 0.3 is 6.09 Å². The highest BCUT2D eigenvalue weighted by Gasteiger charge is 2.24. The number of hydrogen-bond acceptors (Lipinski definition) is 7. The van der Waals surface area contributed by atoms with E-state index in [1.54, 1.807) is 91.9 Å². The molecule has 0 radical (unpaired) electrons. The van der Waals surface area contributed by atoms with Crippen LogP contribution in [-0.2, 0) is 9.53 Å². The Hall–Kier alpha value is -4.63. The van der Waals surface area contributed by atoms with E-state index >= 15 is 0 Å². The van der Waals surface area contributed by atoms with Crippen LogP contribution in [0.4, 0.5) is 16.2 Å². The number of nitrogens with one attached hydrogen (secondary N) is 2. The van der Waals surface area contributed by atoms with E-state index in [0.29, 0.717) is 28.3 Å². The molecule has 3 rings (SSSR count). The fraction of sp³-hybridized carbons (Fsp3) is 0.179. The Bertz CT molecular complexity index is 1250. The van der Waals surface area contributed by atoms with Gasteiger partial charge in [-0.15, -0.1) is 0 Å². The van der Waals surface area contributed by atoms with Crippen molar-refractivity contribution in [3.63, 3.8) is 0 Å². The molecular weight excluding hydrogens is 474 g/mol. The first kappa shape index (κ1) is 27.0. The van der Waals surface area contributed by atoms with E-state index in [2.05, 4.69) is 10.6 Å². The second kappa shape index (κ2) is 13.5. The molecule has 3 aromatic carbocycles. The molecule has 37 heavy (non-hydrogen) atoms. The number of nitrogen functional groups attached to an aromatic ring is 1. The first-order chi connectivity index (χ1) is 17.9. The molecule has 9 heteroatoms. The Morgan fingerprint density at radius 2 is 1.73 bits per heavy atom. The Kier molecular flexibility index (Phi) is 9.81. The fourth-order valence-corrected chi connectivity index (χ4v) is 3.45. The molecular formula is C28H29N3O6. The van der Waals surface area contributed by atoms with Crippen molar-refractivity contribution in [1.29, 1.82) is 0 Å². The van der Waals surface area contributed by atoms with Crippen molar-refractivity contribution in [2.24, 2.45) is 5.92 Å². The first-order valence-electron chi connectivity index (χ1n) is 11.6. The van der Waals surface area contributed by atoms with Gasteiger partial charge in [0.15, 0.2) is 0 Å². The molecule has 192 valence electrons. The summed E-state index contributed by atoms with van der Waals surface area (Å²) in [5.74, 6) is -1.03. The van der Waals surface area contributed by atoms with Crippen LogP contribution >= 0.6 is 0 Å². The molecule has 0 fully saturated rings. The van der Waals surface area contributed by atoms with Gasteiger partial charge in [-0.3, -0.25) is 14.9 Å². The van der Waals surface area contributed by atoms with Crippen LogP contribution in [0, 0.1) is 5.92 Å². The maximum atomic E-state index is 12.7. The molecule has 9 nitrogen and oxygen atoms in total. The van der Waals surface area contributed by atoms with Crippen molar-refractivity contribution >= 4 is 29.3 Å². The summed E-state index contributed by atoms with van der Waals surface area (Å²) in [5, 5.41) is 14.0. The third-order valence-electron chi connectivity index (χ3n) is 5.28. The van der Waals surface area contributed by atoms with Crippen molar-refractivity contribution in [3.8, 4) is 5.75 Å². The van der Waals surface area contributed by atoms with Crippen molar-refractivity contribution in [3.05, 3.63) is 102 Å². The number of alkyl carbamates (subject to hydrolysis) is 1. The van der Waals surface area contributed by atoms with E-state index in [4.69, 9.17) is 20.3 Å². The third-order valence-corrected chi connectivity index (χ3v) is 5.28. The number of carbonyl (C=O) groups is 3. The number of hydrogen-bond donors (Lipinski definition) is 4. The molecule has 0 aliphatic rings. The fourth-order valence-electron chi connectivity index (χ4n) is 3.45. The van der Waals surface area contributed by atoms with Gasteiger partial charge in [0.2, 0.25) is 5.91 Å². The van der Waals surface area contributed by atoms with E-state index in [9.17, 15) is 14.4 Å². The van der Waals surface area contributed by atoms with Crippen LogP contribution in [0.1, 0.15) is 28.9 Å². The topological polar surface area (TPSA) is 140 Å². The van der Waals surface area contributed by atoms with Gasteiger partial charge in [-0.25, -0.2) is 4.79 Å². The molecule has 0 spiro atoms. The molecule has 3 aromatic rings. The molecule has 0 bridgehead atoms. The number of benzene rings is 3. The lowest BCUT2D eigenvalue weighted by Crippen LogP contribution is -2.33. The average molecular weight is 504 g/mol. The van der Waals surface area contributed by atoms with Gasteiger partial charge in [0.25, 0.3) is 5.91 Å². The smallest absolute Gasteiger partial charge is 0.414 e. The number of nitrogens with two attached hydrogens (primary N) is 1. The summed E-state index contributed by atoms with van der Waals surface area (Å²) in [5.41, 5.74) is 7.66. The molecule has 0 saturated heterocycles. The van der Waals surface area contributed by atoms with Crippen molar-refractivity contribution < 1.29 is 29.0 Å². The zero-order valence-electron chi connectivity index (χ0n) is 20.3. The van der Waals surface area contributed by atoms with Gasteiger partial charge in [0.05, 0.1) is 18.0 Å². The van der Waals surface area contributed by atoms with Crippen molar-refractivity contribution in [2.45, 2.75) is 13.0 Å². The summed E-state index contributed by atoms with van der Waals surface area (Å²) in [6.45, 7) is 1.70. The standard InChI is InChI=1S/C28H29N3O6/c1-19(14-15-25(33)30-24-13-6-5-12-23(24)29)26(21-10-7-11-22(18-21)36-17-16-32)37-28(35)31-27(34)20-8-3-2-4-9-20/h2-15,18-19,26,32H,16-17,29H2,1H3,(H,30,33)(H,31,34,35)/b15-14+/t19-,26-/m1/s1. The second-order valence-electron chi connectivity index (χ2n) is 8.09. The van der Waals surface area contributed by atoms with Gasteiger partial charge in [-0.1, -0.05) is 55.5 Å². The summed E-state index contributed by atoms with van der Waals surface area (Å²) in [7, 11) is 0. The van der Waals surface area contributed by atoms with Gasteiger partial charge in [-0.05, 0) is 48.0 Å². The molecule has 2 atom stereocenters. The minimum absolute atomic E-state index is 0.0965. The summed E-state index contributed by atoms with van der Waals surface area (Å²) >= 11 is 0. The maximum Gasteiger partial charge on any atom is 0.414 e. The zero-order valence-corrected chi connectivity index (χ0v) is 20.3. The summed E-state index contributed by atoms with van der Waals surface area (Å²) in [4.78, 5) is 37.5. The lowest BCUT2D eigenvalue weighted by molar-refractivity contribution is -0.111. The van der Waals surface area contributed by atoms with Crippen LogP contribution in [0.5, 0.6) is 5.75 Å². The average Bonchev–Trinajstić information content (AvgIpc) is 2.91. The largest absolute Gasteiger partial charge is 0.491 e. The molecule has 5 N–H and O–H groups in total.